The molecule has 0 spiro atoms. The maximum atomic E-state index is 12.7. The van der Waals surface area contributed by atoms with Crippen molar-refractivity contribution in [3.8, 4) is 0 Å². The Morgan fingerprint density at radius 2 is 1.97 bits per heavy atom. The zero-order valence-corrected chi connectivity index (χ0v) is 17.0. The van der Waals surface area contributed by atoms with Crippen LogP contribution in [0.5, 0.6) is 0 Å². The minimum Gasteiger partial charge on any atom is -0.361 e. The number of ether oxygens (including phenoxy) is 1. The van der Waals surface area contributed by atoms with Crippen LogP contribution in [0.4, 0.5) is 13.2 Å². The van der Waals surface area contributed by atoms with Gasteiger partial charge in [0.05, 0.1) is 12.0 Å². The predicted octanol–water partition coefficient (Wildman–Crippen LogP) is -0.152. The molecule has 0 saturated carbocycles. The van der Waals surface area contributed by atoms with Gasteiger partial charge in [0.1, 0.15) is 6.61 Å². The van der Waals surface area contributed by atoms with Gasteiger partial charge >= 0.3 is 18.2 Å². The number of nitrogens with two attached hydrogens (primary N) is 1. The smallest absolute Gasteiger partial charge is 0.361 e. The van der Waals surface area contributed by atoms with Gasteiger partial charge in [-0.1, -0.05) is 13.8 Å². The van der Waals surface area contributed by atoms with Crippen molar-refractivity contribution in [2.75, 3.05) is 13.2 Å². The Morgan fingerprint density at radius 3 is 2.45 bits per heavy atom. The van der Waals surface area contributed by atoms with Crippen molar-refractivity contribution >= 4 is 35.6 Å². The third-order valence-electron chi connectivity index (χ3n) is 4.41. The first kappa shape index (κ1) is 26.2. The summed E-state index contributed by atoms with van der Waals surface area (Å²) in [6, 6.07) is -1.43. The fourth-order valence-corrected chi connectivity index (χ4v) is 2.92. The lowest BCUT2D eigenvalue weighted by Crippen LogP contribution is -2.47. The van der Waals surface area contributed by atoms with Crippen molar-refractivity contribution < 1.29 is 41.9 Å². The minimum absolute atomic E-state index is 0.0748. The molecule has 1 fully saturated rings. The maximum absolute atomic E-state index is 12.7. The fourth-order valence-electron chi connectivity index (χ4n) is 2.92. The molecule has 4 N–H and O–H groups in total. The van der Waals surface area contributed by atoms with Gasteiger partial charge in [0.25, 0.3) is 0 Å². The van der Waals surface area contributed by atoms with Crippen LogP contribution in [-0.4, -0.2) is 61.2 Å². The number of amides is 4. The number of aliphatic imine (C=N–C) groups is 1. The molecule has 0 radical (unpaired) electrons. The van der Waals surface area contributed by atoms with Crippen molar-refractivity contribution in [3.05, 3.63) is 0 Å². The van der Waals surface area contributed by atoms with E-state index in [2.05, 4.69) is 20.4 Å². The molecule has 0 aromatic rings. The van der Waals surface area contributed by atoms with E-state index in [1.165, 1.54) is 0 Å². The number of hydrogen-bond acceptors (Lipinski definition) is 6. The van der Waals surface area contributed by atoms with Crippen molar-refractivity contribution in [2.45, 2.75) is 45.5 Å². The molecule has 4 amide bonds. The van der Waals surface area contributed by atoms with Crippen LogP contribution in [0.25, 0.3) is 0 Å². The molecule has 3 atom stereocenters. The molecule has 1 heterocycles. The van der Waals surface area contributed by atoms with Crippen molar-refractivity contribution in [1.82, 2.24) is 10.6 Å². The number of carbonyl (C=O) groups excluding carboxylic acids is 5. The quantitative estimate of drug-likeness (QED) is 0.310. The molecule has 1 unspecified atom stereocenters. The van der Waals surface area contributed by atoms with Crippen LogP contribution in [0, 0.1) is 17.8 Å². The van der Waals surface area contributed by atoms with Gasteiger partial charge in [-0.2, -0.15) is 0 Å². The molecule has 0 aromatic heterocycles. The monoisotopic (exact) mass is 450 g/mol. The molecule has 31 heavy (non-hydrogen) atoms. The van der Waals surface area contributed by atoms with Crippen LogP contribution >= 0.6 is 0 Å². The molecule has 174 valence electrons. The summed E-state index contributed by atoms with van der Waals surface area (Å²) in [4.78, 5) is 62.2. The number of carbonyl (C=O) groups is 5. The number of alkyl halides is 3. The Morgan fingerprint density at radius 1 is 1.32 bits per heavy atom. The van der Waals surface area contributed by atoms with Crippen LogP contribution in [0.15, 0.2) is 4.99 Å². The fraction of sp³-hybridized carbons (Fsp3) is 0.667. The van der Waals surface area contributed by atoms with E-state index in [4.69, 9.17) is 5.73 Å². The summed E-state index contributed by atoms with van der Waals surface area (Å²) < 4.78 is 40.5. The molecule has 1 aliphatic heterocycles. The van der Waals surface area contributed by atoms with Crippen molar-refractivity contribution in [3.63, 3.8) is 0 Å². The van der Waals surface area contributed by atoms with Crippen molar-refractivity contribution in [1.29, 1.82) is 0 Å². The third kappa shape index (κ3) is 9.68. The third-order valence-corrected chi connectivity index (χ3v) is 4.41. The Bertz CT molecular complexity index is 738. The second-order valence-electron chi connectivity index (χ2n) is 7.46. The molecule has 13 heteroatoms. The largest absolute Gasteiger partial charge is 0.522 e. The van der Waals surface area contributed by atoms with Crippen molar-refractivity contribution in [2.24, 2.45) is 28.5 Å². The molecule has 0 aromatic carbocycles. The highest BCUT2D eigenvalue weighted by Gasteiger charge is 2.35. The molecule has 0 aliphatic carbocycles. The van der Waals surface area contributed by atoms with Crippen LogP contribution < -0.4 is 16.4 Å². The molecule has 0 bridgehead atoms. The Balaban J connectivity index is 2.99. The first-order valence-corrected chi connectivity index (χ1v) is 9.49. The molecular formula is C18H25F3N4O6. The van der Waals surface area contributed by atoms with Gasteiger partial charge in [-0.05, 0) is 25.2 Å². The first-order chi connectivity index (χ1) is 14.3. The van der Waals surface area contributed by atoms with E-state index in [0.29, 0.717) is 13.0 Å². The van der Waals surface area contributed by atoms with Gasteiger partial charge < -0.3 is 16.4 Å². The molecule has 1 aliphatic rings. The number of hydrogen-bond donors (Lipinski definition) is 3. The standard InChI is InChI=1S/C18H25F3N4O6/c1-9(2)5-11(7-24-17(30)14(22)27)16(29)25-12(6-10-3-4-23-15(10)28)13(26)8-31-18(19,20)21/h7,9-12H,3-6,8H2,1-2H3,(H2,22,27)(H,23,28)(H,25,29)/b24-7+/t10-,11?,12-/m0/s1. The molecule has 1 saturated heterocycles. The lowest BCUT2D eigenvalue weighted by Gasteiger charge is -2.23. The molecule has 1 rings (SSSR count). The first-order valence-electron chi connectivity index (χ1n) is 9.49. The highest BCUT2D eigenvalue weighted by atomic mass is 19.4. The van der Waals surface area contributed by atoms with Crippen LogP contribution in [0.1, 0.15) is 33.1 Å². The normalized spacial score (nSPS) is 18.6. The summed E-state index contributed by atoms with van der Waals surface area (Å²) in [6.07, 6.45) is -3.85. The molecule has 10 nitrogen and oxygen atoms in total. The highest BCUT2D eigenvalue weighted by Crippen LogP contribution is 2.20. The summed E-state index contributed by atoms with van der Waals surface area (Å²) >= 11 is 0. The number of nitrogens with one attached hydrogen (secondary N) is 2. The summed E-state index contributed by atoms with van der Waals surface area (Å²) in [5.74, 6) is -6.68. The number of rotatable bonds is 10. The van der Waals surface area contributed by atoms with E-state index < -0.39 is 54.4 Å². The van der Waals surface area contributed by atoms with Gasteiger partial charge in [-0.3, -0.25) is 28.7 Å². The topological polar surface area (TPSA) is 157 Å². The zero-order valence-electron chi connectivity index (χ0n) is 17.0. The van der Waals surface area contributed by atoms with Gasteiger partial charge in [0, 0.05) is 18.7 Å². The second kappa shape index (κ2) is 11.5. The van der Waals surface area contributed by atoms with Crippen LogP contribution in [-0.2, 0) is 28.7 Å². The number of Topliss-reactive ketones (excluding diaryl/α,β-unsaturated/α-hetero) is 1. The molecular weight excluding hydrogens is 425 g/mol. The van der Waals surface area contributed by atoms with Crippen LogP contribution in [0.2, 0.25) is 0 Å². The van der Waals surface area contributed by atoms with Gasteiger partial charge in [-0.15, -0.1) is 13.2 Å². The van der Waals surface area contributed by atoms with Gasteiger partial charge in [0.2, 0.25) is 11.8 Å². The van der Waals surface area contributed by atoms with E-state index >= 15 is 0 Å². The number of halogens is 3. The average molecular weight is 450 g/mol. The van der Waals surface area contributed by atoms with E-state index in [-0.39, 0.29) is 24.7 Å². The minimum atomic E-state index is -5.04. The van der Waals surface area contributed by atoms with Crippen LogP contribution in [0.3, 0.4) is 0 Å². The van der Waals surface area contributed by atoms with Gasteiger partial charge in [0.15, 0.2) is 5.78 Å². The SMILES string of the molecule is CC(C)CC(/C=N/C(=O)C(N)=O)C(=O)N[C@@H](C[C@@H]1CCNC1=O)C(=O)COC(F)(F)F. The summed E-state index contributed by atoms with van der Waals surface area (Å²) in [7, 11) is 0. The number of primary amides is 1. The number of nitrogens with zero attached hydrogens (tertiary/aromatic N) is 1. The van der Waals surface area contributed by atoms with E-state index in [9.17, 15) is 37.1 Å². The lowest BCUT2D eigenvalue weighted by molar-refractivity contribution is -0.321. The lowest BCUT2D eigenvalue weighted by atomic mass is 9.93. The zero-order chi connectivity index (χ0) is 23.8. The average Bonchev–Trinajstić information content (AvgIpc) is 3.05. The highest BCUT2D eigenvalue weighted by molar-refractivity contribution is 6.36. The number of ketones is 1. The Hall–Kier alpha value is -2.83. The van der Waals surface area contributed by atoms with E-state index in [1.54, 1.807) is 13.8 Å². The second-order valence-corrected chi connectivity index (χ2v) is 7.46. The Labute approximate surface area is 176 Å². The maximum Gasteiger partial charge on any atom is 0.522 e. The van der Waals surface area contributed by atoms with Gasteiger partial charge in [-0.25, -0.2) is 4.99 Å². The summed E-state index contributed by atoms with van der Waals surface area (Å²) in [5.41, 5.74) is 4.80. The van der Waals surface area contributed by atoms with E-state index in [0.717, 1.165) is 6.21 Å². The summed E-state index contributed by atoms with van der Waals surface area (Å²) in [5, 5.41) is 4.86. The predicted molar refractivity (Wildman–Crippen MR) is 100 cm³/mol. The summed E-state index contributed by atoms with van der Waals surface area (Å²) in [6.45, 7) is 2.51. The Kier molecular flexibility index (Phi) is 9.75. The van der Waals surface area contributed by atoms with E-state index in [1.807, 2.05) is 0 Å².